The first kappa shape index (κ1) is 11.4. The first-order valence-corrected chi connectivity index (χ1v) is 5.81. The lowest BCUT2D eigenvalue weighted by Crippen LogP contribution is -2.41. The molecule has 2 aliphatic rings. The van der Waals surface area contributed by atoms with Crippen molar-refractivity contribution in [3.8, 4) is 0 Å². The molecule has 5 nitrogen and oxygen atoms in total. The van der Waals surface area contributed by atoms with E-state index in [1.165, 1.54) is 5.01 Å². The molecule has 1 aromatic carbocycles. The van der Waals surface area contributed by atoms with Gasteiger partial charge < -0.3 is 9.84 Å². The fourth-order valence-corrected chi connectivity index (χ4v) is 2.50. The molecule has 0 saturated carbocycles. The number of carbonyl (C=O) groups excluding carboxylic acids is 1. The van der Waals surface area contributed by atoms with E-state index in [9.17, 15) is 9.90 Å². The van der Waals surface area contributed by atoms with Gasteiger partial charge in [0.1, 0.15) is 5.60 Å². The SMILES string of the molecule is CC1=NN(c2ccccc2)C(=O)C12OC2(C)CO. The summed E-state index contributed by atoms with van der Waals surface area (Å²) >= 11 is 0. The molecule has 1 saturated heterocycles. The maximum atomic E-state index is 12.5. The number of amides is 1. The van der Waals surface area contributed by atoms with Gasteiger partial charge in [-0.05, 0) is 26.0 Å². The van der Waals surface area contributed by atoms with E-state index in [0.29, 0.717) is 11.4 Å². The molecule has 94 valence electrons. The van der Waals surface area contributed by atoms with E-state index in [4.69, 9.17) is 4.74 Å². The van der Waals surface area contributed by atoms with Gasteiger partial charge in [-0.1, -0.05) is 18.2 Å². The van der Waals surface area contributed by atoms with Gasteiger partial charge in [-0.15, -0.1) is 0 Å². The fraction of sp³-hybridized carbons (Fsp3) is 0.385. The molecule has 0 radical (unpaired) electrons. The molecule has 1 N–H and O–H groups in total. The Bertz CT molecular complexity index is 542. The molecule has 2 atom stereocenters. The normalized spacial score (nSPS) is 34.1. The molecule has 1 aromatic rings. The minimum Gasteiger partial charge on any atom is -0.393 e. The minimum absolute atomic E-state index is 0.200. The van der Waals surface area contributed by atoms with E-state index in [0.717, 1.165) is 0 Å². The van der Waals surface area contributed by atoms with Gasteiger partial charge in [0.2, 0.25) is 5.60 Å². The quantitative estimate of drug-likeness (QED) is 0.789. The van der Waals surface area contributed by atoms with Gasteiger partial charge in [0.05, 0.1) is 18.0 Å². The Kier molecular flexibility index (Phi) is 2.15. The first-order valence-electron chi connectivity index (χ1n) is 5.81. The zero-order valence-electron chi connectivity index (χ0n) is 10.3. The second-order valence-corrected chi connectivity index (χ2v) is 4.81. The Hall–Kier alpha value is -1.72. The van der Waals surface area contributed by atoms with Crippen molar-refractivity contribution in [2.75, 3.05) is 11.6 Å². The molecule has 1 spiro atoms. The maximum absolute atomic E-state index is 12.5. The Morgan fingerprint density at radius 2 is 2.06 bits per heavy atom. The van der Waals surface area contributed by atoms with Crippen molar-refractivity contribution in [3.05, 3.63) is 30.3 Å². The van der Waals surface area contributed by atoms with Crippen LogP contribution in [0.2, 0.25) is 0 Å². The third kappa shape index (κ3) is 1.18. The summed E-state index contributed by atoms with van der Waals surface area (Å²) in [5.41, 5.74) is -0.624. The molecule has 0 bridgehead atoms. The summed E-state index contributed by atoms with van der Waals surface area (Å²) in [7, 11) is 0. The monoisotopic (exact) mass is 246 g/mol. The summed E-state index contributed by atoms with van der Waals surface area (Å²) < 4.78 is 5.51. The van der Waals surface area contributed by atoms with Crippen molar-refractivity contribution in [3.63, 3.8) is 0 Å². The van der Waals surface area contributed by atoms with Crippen molar-refractivity contribution in [1.82, 2.24) is 0 Å². The highest BCUT2D eigenvalue weighted by atomic mass is 16.6. The number of hydrazone groups is 1. The summed E-state index contributed by atoms with van der Waals surface area (Å²) in [5.74, 6) is -0.234. The zero-order chi connectivity index (χ0) is 13.0. The standard InChI is InChI=1S/C13H14N2O3/c1-9-13(12(2,8-16)18-13)11(17)15(14-9)10-6-4-3-5-7-10/h3-7,16H,8H2,1-2H3. The highest BCUT2D eigenvalue weighted by Gasteiger charge is 2.77. The van der Waals surface area contributed by atoms with Crippen LogP contribution in [0.25, 0.3) is 0 Å². The molecule has 0 aromatic heterocycles. The van der Waals surface area contributed by atoms with Gasteiger partial charge in [0.25, 0.3) is 5.91 Å². The maximum Gasteiger partial charge on any atom is 0.288 e. The predicted octanol–water partition coefficient (Wildman–Crippen LogP) is 0.929. The van der Waals surface area contributed by atoms with Crippen LogP contribution in [0.4, 0.5) is 5.69 Å². The molecule has 1 amide bonds. The molecule has 2 unspecified atom stereocenters. The summed E-state index contributed by atoms with van der Waals surface area (Å²) in [5, 5.41) is 14.9. The molecular formula is C13H14N2O3. The topological polar surface area (TPSA) is 65.4 Å². The van der Waals surface area contributed by atoms with Gasteiger partial charge in [-0.25, -0.2) is 0 Å². The lowest BCUT2D eigenvalue weighted by molar-refractivity contribution is -0.120. The molecular weight excluding hydrogens is 232 g/mol. The molecule has 18 heavy (non-hydrogen) atoms. The lowest BCUT2D eigenvalue weighted by atomic mass is 9.90. The summed E-state index contributed by atoms with van der Waals surface area (Å²) in [6.45, 7) is 3.27. The van der Waals surface area contributed by atoms with Crippen LogP contribution in [0.1, 0.15) is 13.8 Å². The Labute approximate surface area is 105 Å². The average molecular weight is 246 g/mol. The van der Waals surface area contributed by atoms with Crippen LogP contribution in [-0.2, 0) is 9.53 Å². The first-order chi connectivity index (χ1) is 8.55. The van der Waals surface area contributed by atoms with Crippen LogP contribution in [0, 0.1) is 0 Å². The van der Waals surface area contributed by atoms with E-state index >= 15 is 0 Å². The van der Waals surface area contributed by atoms with Crippen LogP contribution in [0.3, 0.4) is 0 Å². The number of rotatable bonds is 2. The number of para-hydroxylation sites is 1. The molecule has 1 fully saturated rings. The van der Waals surface area contributed by atoms with Crippen LogP contribution < -0.4 is 5.01 Å². The third-order valence-corrected chi connectivity index (χ3v) is 3.64. The summed E-state index contributed by atoms with van der Waals surface area (Å²) in [6, 6.07) is 9.19. The van der Waals surface area contributed by atoms with E-state index in [1.807, 2.05) is 30.3 Å². The fourth-order valence-electron chi connectivity index (χ4n) is 2.50. The second kappa shape index (κ2) is 3.40. The van der Waals surface area contributed by atoms with Gasteiger partial charge in [0.15, 0.2) is 0 Å². The minimum atomic E-state index is -1.07. The van der Waals surface area contributed by atoms with Crippen molar-refractivity contribution in [2.45, 2.75) is 25.0 Å². The van der Waals surface area contributed by atoms with Crippen LogP contribution >= 0.6 is 0 Å². The molecule has 5 heteroatoms. The Morgan fingerprint density at radius 3 is 2.61 bits per heavy atom. The number of anilines is 1. The smallest absolute Gasteiger partial charge is 0.288 e. The largest absolute Gasteiger partial charge is 0.393 e. The van der Waals surface area contributed by atoms with E-state index in [1.54, 1.807) is 13.8 Å². The highest BCUT2D eigenvalue weighted by Crippen LogP contribution is 2.52. The number of aliphatic hydroxyl groups excluding tert-OH is 1. The Morgan fingerprint density at radius 1 is 1.39 bits per heavy atom. The number of aliphatic hydroxyl groups is 1. The summed E-state index contributed by atoms with van der Waals surface area (Å²) in [6.07, 6.45) is 0. The number of hydrogen-bond donors (Lipinski definition) is 1. The van der Waals surface area contributed by atoms with Gasteiger partial charge in [-0.3, -0.25) is 4.79 Å². The van der Waals surface area contributed by atoms with Gasteiger partial charge in [0, 0.05) is 0 Å². The number of epoxide rings is 1. The summed E-state index contributed by atoms with van der Waals surface area (Å²) in [4.78, 5) is 12.5. The predicted molar refractivity (Wildman–Crippen MR) is 66.3 cm³/mol. The molecule has 2 heterocycles. The van der Waals surface area contributed by atoms with Crippen LogP contribution in [0.5, 0.6) is 0 Å². The second-order valence-electron chi connectivity index (χ2n) is 4.81. The number of benzene rings is 1. The zero-order valence-corrected chi connectivity index (χ0v) is 10.3. The lowest BCUT2D eigenvalue weighted by Gasteiger charge is -2.13. The van der Waals surface area contributed by atoms with Crippen molar-refractivity contribution < 1.29 is 14.6 Å². The van der Waals surface area contributed by atoms with E-state index < -0.39 is 11.2 Å². The number of ether oxygens (including phenoxy) is 1. The van der Waals surface area contributed by atoms with E-state index in [-0.39, 0.29) is 12.5 Å². The van der Waals surface area contributed by atoms with Gasteiger partial charge in [-0.2, -0.15) is 10.1 Å². The third-order valence-electron chi connectivity index (χ3n) is 3.64. The molecule has 0 aliphatic carbocycles. The number of nitrogens with zero attached hydrogens (tertiary/aromatic N) is 2. The van der Waals surface area contributed by atoms with Crippen LogP contribution in [-0.4, -0.2) is 34.5 Å². The van der Waals surface area contributed by atoms with Crippen molar-refractivity contribution in [2.24, 2.45) is 5.10 Å². The molecule has 3 rings (SSSR count). The van der Waals surface area contributed by atoms with Crippen molar-refractivity contribution in [1.29, 1.82) is 0 Å². The Balaban J connectivity index is 1.99. The number of hydrogen-bond acceptors (Lipinski definition) is 4. The van der Waals surface area contributed by atoms with Crippen molar-refractivity contribution >= 4 is 17.3 Å². The molecule has 2 aliphatic heterocycles. The average Bonchev–Trinajstić information content (AvgIpc) is 2.96. The van der Waals surface area contributed by atoms with Gasteiger partial charge >= 0.3 is 0 Å². The highest BCUT2D eigenvalue weighted by molar-refractivity contribution is 6.24. The van der Waals surface area contributed by atoms with E-state index in [2.05, 4.69) is 5.10 Å². The van der Waals surface area contributed by atoms with Crippen LogP contribution in [0.15, 0.2) is 35.4 Å². The number of carbonyl (C=O) groups is 1.